The van der Waals surface area contributed by atoms with Crippen LogP contribution in [0.2, 0.25) is 0 Å². The van der Waals surface area contributed by atoms with E-state index < -0.39 is 26.6 Å². The van der Waals surface area contributed by atoms with E-state index in [9.17, 15) is 17.6 Å². The first-order valence-electron chi connectivity index (χ1n) is 5.42. The molecule has 5 nitrogen and oxygen atoms in total. The third-order valence-corrected chi connectivity index (χ3v) is 3.85. The van der Waals surface area contributed by atoms with E-state index in [2.05, 4.69) is 5.32 Å². The maximum absolute atomic E-state index is 13.3. The number of hydrogen-bond donors (Lipinski definition) is 2. The van der Waals surface area contributed by atoms with Crippen molar-refractivity contribution in [2.75, 3.05) is 0 Å². The molecule has 0 aromatic heterocycles. The lowest BCUT2D eigenvalue weighted by Gasteiger charge is -2.06. The van der Waals surface area contributed by atoms with Crippen LogP contribution in [-0.4, -0.2) is 20.4 Å². The van der Waals surface area contributed by atoms with Gasteiger partial charge in [0.15, 0.2) is 0 Å². The van der Waals surface area contributed by atoms with E-state index in [4.69, 9.17) is 5.14 Å². The van der Waals surface area contributed by atoms with Crippen LogP contribution in [0.1, 0.15) is 23.7 Å². The molecular formula is C11H13FN2O3S. The molecule has 18 heavy (non-hydrogen) atoms. The van der Waals surface area contributed by atoms with E-state index in [0.717, 1.165) is 18.6 Å². The maximum atomic E-state index is 13.3. The number of nitrogens with one attached hydrogen (secondary N) is 1. The summed E-state index contributed by atoms with van der Waals surface area (Å²) in [5.74, 6) is -0.963. The van der Waals surface area contributed by atoms with Gasteiger partial charge < -0.3 is 5.32 Å². The Balaban J connectivity index is 2.27. The summed E-state index contributed by atoms with van der Waals surface area (Å²) in [5, 5.41) is 7.58. The Morgan fingerprint density at radius 3 is 2.61 bits per heavy atom. The molecule has 3 N–H and O–H groups in total. The number of hydrogen-bond acceptors (Lipinski definition) is 3. The molecule has 0 aliphatic heterocycles. The van der Waals surface area contributed by atoms with Gasteiger partial charge in [-0.3, -0.25) is 4.79 Å². The number of halogens is 1. The van der Waals surface area contributed by atoms with Crippen LogP contribution in [0.15, 0.2) is 23.1 Å². The van der Waals surface area contributed by atoms with Crippen molar-refractivity contribution in [3.8, 4) is 0 Å². The number of rotatable bonds is 3. The molecule has 98 valence electrons. The molecule has 1 fully saturated rings. The van der Waals surface area contributed by atoms with Gasteiger partial charge in [-0.1, -0.05) is 6.92 Å². The molecule has 1 amide bonds. The molecule has 1 aromatic carbocycles. The number of primary sulfonamides is 1. The number of carbonyl (C=O) groups excluding carboxylic acids is 1. The van der Waals surface area contributed by atoms with Gasteiger partial charge in [0.25, 0.3) is 5.91 Å². The molecule has 1 aliphatic rings. The van der Waals surface area contributed by atoms with Gasteiger partial charge in [-0.2, -0.15) is 0 Å². The molecule has 0 saturated heterocycles. The Bertz CT molecular complexity index is 600. The summed E-state index contributed by atoms with van der Waals surface area (Å²) in [5.41, 5.74) is 0.0829. The molecule has 1 aliphatic carbocycles. The predicted octanol–water partition coefficient (Wildman–Crippen LogP) is 0.611. The summed E-state index contributed by atoms with van der Waals surface area (Å²) in [4.78, 5) is 11.1. The molecule has 0 radical (unpaired) electrons. The van der Waals surface area contributed by atoms with Crippen LogP contribution in [0.25, 0.3) is 0 Å². The standard InChI is InChI=1S/C11H13FN2O3S/c1-6-4-9(6)14-11(15)7-2-3-8(12)10(5-7)18(13,16)17/h2-3,5-6,9H,4H2,1H3,(H,14,15)(H2,13,16,17). The first kappa shape index (κ1) is 13.0. The van der Waals surface area contributed by atoms with Crippen LogP contribution in [0.5, 0.6) is 0 Å². The second-order valence-electron chi connectivity index (χ2n) is 4.48. The smallest absolute Gasteiger partial charge is 0.251 e. The highest BCUT2D eigenvalue weighted by Crippen LogP contribution is 2.29. The summed E-state index contributed by atoms with van der Waals surface area (Å²) >= 11 is 0. The number of benzene rings is 1. The second kappa shape index (κ2) is 4.33. The zero-order chi connectivity index (χ0) is 13.5. The highest BCUT2D eigenvalue weighted by molar-refractivity contribution is 7.89. The van der Waals surface area contributed by atoms with Gasteiger partial charge in [0.1, 0.15) is 10.7 Å². The fraction of sp³-hybridized carbons (Fsp3) is 0.364. The van der Waals surface area contributed by atoms with Gasteiger partial charge in [0.2, 0.25) is 10.0 Å². The summed E-state index contributed by atoms with van der Waals surface area (Å²) in [6.45, 7) is 1.99. The summed E-state index contributed by atoms with van der Waals surface area (Å²) in [7, 11) is -4.17. The van der Waals surface area contributed by atoms with Crippen molar-refractivity contribution in [2.45, 2.75) is 24.3 Å². The fourth-order valence-electron chi connectivity index (χ4n) is 1.64. The second-order valence-corrected chi connectivity index (χ2v) is 6.01. The van der Waals surface area contributed by atoms with Crippen LogP contribution < -0.4 is 10.5 Å². The first-order chi connectivity index (χ1) is 8.29. The van der Waals surface area contributed by atoms with Crippen LogP contribution in [0.3, 0.4) is 0 Å². The SMILES string of the molecule is CC1CC1NC(=O)c1ccc(F)c(S(N)(=O)=O)c1. The topological polar surface area (TPSA) is 89.3 Å². The van der Waals surface area contributed by atoms with E-state index in [1.165, 1.54) is 6.07 Å². The highest BCUT2D eigenvalue weighted by atomic mass is 32.2. The number of nitrogens with two attached hydrogens (primary N) is 1. The molecule has 0 heterocycles. The van der Waals surface area contributed by atoms with Crippen molar-refractivity contribution in [1.82, 2.24) is 5.32 Å². The average Bonchev–Trinajstić information content (AvgIpc) is 2.93. The minimum Gasteiger partial charge on any atom is -0.349 e. The van der Waals surface area contributed by atoms with Crippen molar-refractivity contribution in [2.24, 2.45) is 11.1 Å². The minimum atomic E-state index is -4.17. The average molecular weight is 272 g/mol. The third kappa shape index (κ3) is 2.68. The van der Waals surface area contributed by atoms with Crippen LogP contribution >= 0.6 is 0 Å². The third-order valence-electron chi connectivity index (χ3n) is 2.93. The van der Waals surface area contributed by atoms with Crippen molar-refractivity contribution in [3.05, 3.63) is 29.6 Å². The van der Waals surface area contributed by atoms with Crippen molar-refractivity contribution in [3.63, 3.8) is 0 Å². The molecule has 1 saturated carbocycles. The quantitative estimate of drug-likeness (QED) is 0.845. The highest BCUT2D eigenvalue weighted by Gasteiger charge is 2.34. The lowest BCUT2D eigenvalue weighted by Crippen LogP contribution is -2.27. The van der Waals surface area contributed by atoms with E-state index in [0.29, 0.717) is 5.92 Å². The Kier molecular flexibility index (Phi) is 3.12. The van der Waals surface area contributed by atoms with Crippen LogP contribution in [-0.2, 0) is 10.0 Å². The van der Waals surface area contributed by atoms with Gasteiger partial charge in [-0.05, 0) is 30.5 Å². The van der Waals surface area contributed by atoms with Gasteiger partial charge in [0, 0.05) is 11.6 Å². The van der Waals surface area contributed by atoms with Gasteiger partial charge in [-0.25, -0.2) is 17.9 Å². The maximum Gasteiger partial charge on any atom is 0.251 e. The Morgan fingerprint density at radius 1 is 1.50 bits per heavy atom. The van der Waals surface area contributed by atoms with Crippen molar-refractivity contribution < 1.29 is 17.6 Å². The Labute approximate surface area is 104 Å². The number of sulfonamides is 1. The monoisotopic (exact) mass is 272 g/mol. The molecule has 2 rings (SSSR count). The minimum absolute atomic E-state index is 0.0829. The zero-order valence-corrected chi connectivity index (χ0v) is 10.5. The van der Waals surface area contributed by atoms with E-state index in [1.54, 1.807) is 0 Å². The molecule has 1 aromatic rings. The van der Waals surface area contributed by atoms with Crippen molar-refractivity contribution in [1.29, 1.82) is 0 Å². The Hall–Kier alpha value is -1.47. The molecule has 2 unspecified atom stereocenters. The first-order valence-corrected chi connectivity index (χ1v) is 6.97. The largest absolute Gasteiger partial charge is 0.349 e. The Morgan fingerprint density at radius 2 is 2.11 bits per heavy atom. The lowest BCUT2D eigenvalue weighted by molar-refractivity contribution is 0.0949. The molecular weight excluding hydrogens is 259 g/mol. The predicted molar refractivity (Wildman–Crippen MR) is 62.8 cm³/mol. The number of amides is 1. The molecule has 0 bridgehead atoms. The van der Waals surface area contributed by atoms with Gasteiger partial charge >= 0.3 is 0 Å². The van der Waals surface area contributed by atoms with E-state index in [1.807, 2.05) is 6.92 Å². The van der Waals surface area contributed by atoms with E-state index >= 15 is 0 Å². The lowest BCUT2D eigenvalue weighted by atomic mass is 10.2. The summed E-state index contributed by atoms with van der Waals surface area (Å²) in [6.07, 6.45) is 0.898. The normalized spacial score (nSPS) is 22.6. The zero-order valence-electron chi connectivity index (χ0n) is 9.68. The number of carbonyl (C=O) groups is 1. The van der Waals surface area contributed by atoms with Crippen molar-refractivity contribution >= 4 is 15.9 Å². The van der Waals surface area contributed by atoms with E-state index in [-0.39, 0.29) is 11.6 Å². The van der Waals surface area contributed by atoms with Gasteiger partial charge in [-0.15, -0.1) is 0 Å². The van der Waals surface area contributed by atoms with Crippen LogP contribution in [0.4, 0.5) is 4.39 Å². The molecule has 2 atom stereocenters. The fourth-order valence-corrected chi connectivity index (χ4v) is 2.27. The van der Waals surface area contributed by atoms with Gasteiger partial charge in [0.05, 0.1) is 0 Å². The summed E-state index contributed by atoms with van der Waals surface area (Å²) in [6, 6.07) is 3.21. The van der Waals surface area contributed by atoms with Crippen LogP contribution in [0, 0.1) is 11.7 Å². The molecule has 7 heteroatoms. The molecule has 0 spiro atoms. The summed E-state index contributed by atoms with van der Waals surface area (Å²) < 4.78 is 35.5.